The van der Waals surface area contributed by atoms with Gasteiger partial charge in [0.1, 0.15) is 6.04 Å². The standard InChI is InChI=1S/C30H34Cl2N2O2/c1-5-22(4)33-30(36)28(17-23-9-7-6-8-10-23)34(19-24-11-12-26(31)27(32)16-24)29(35)18-25-14-20(2)13-21(3)15-25/h6-16,22,28H,5,17-19H2,1-4H3,(H,33,36)/t22-,28+/m1/s1. The summed E-state index contributed by atoms with van der Waals surface area (Å²) in [4.78, 5) is 29.1. The Morgan fingerprint density at radius 2 is 1.53 bits per heavy atom. The van der Waals surface area contributed by atoms with Gasteiger partial charge in [0, 0.05) is 19.0 Å². The van der Waals surface area contributed by atoms with Gasteiger partial charge < -0.3 is 10.2 Å². The average Bonchev–Trinajstić information content (AvgIpc) is 2.83. The van der Waals surface area contributed by atoms with Crippen LogP contribution in [0.25, 0.3) is 0 Å². The molecule has 0 spiro atoms. The zero-order valence-corrected chi connectivity index (χ0v) is 22.9. The zero-order valence-electron chi connectivity index (χ0n) is 21.4. The Hall–Kier alpha value is -2.82. The van der Waals surface area contributed by atoms with Gasteiger partial charge in [-0.15, -0.1) is 0 Å². The summed E-state index contributed by atoms with van der Waals surface area (Å²) < 4.78 is 0. The van der Waals surface area contributed by atoms with Crippen LogP contribution in [0.4, 0.5) is 0 Å². The summed E-state index contributed by atoms with van der Waals surface area (Å²) in [5.41, 5.74) is 4.93. The van der Waals surface area contributed by atoms with Crippen LogP contribution in [-0.4, -0.2) is 28.8 Å². The first-order valence-electron chi connectivity index (χ1n) is 12.3. The fraction of sp³-hybridized carbons (Fsp3) is 0.333. The number of nitrogens with zero attached hydrogens (tertiary/aromatic N) is 1. The predicted molar refractivity (Wildman–Crippen MR) is 148 cm³/mol. The zero-order chi connectivity index (χ0) is 26.2. The molecule has 3 aromatic carbocycles. The van der Waals surface area contributed by atoms with Crippen molar-refractivity contribution in [1.29, 1.82) is 0 Å². The Kier molecular flexibility index (Phi) is 9.98. The van der Waals surface area contributed by atoms with E-state index in [1.165, 1.54) is 0 Å². The molecule has 0 aliphatic carbocycles. The van der Waals surface area contributed by atoms with Crippen molar-refractivity contribution in [2.24, 2.45) is 0 Å². The van der Waals surface area contributed by atoms with Gasteiger partial charge in [-0.05, 0) is 56.0 Å². The van der Waals surface area contributed by atoms with E-state index in [1.54, 1.807) is 17.0 Å². The summed E-state index contributed by atoms with van der Waals surface area (Å²) in [6, 6.07) is 20.6. The topological polar surface area (TPSA) is 49.4 Å². The molecule has 0 aliphatic heterocycles. The molecule has 0 saturated carbocycles. The van der Waals surface area contributed by atoms with Crippen molar-refractivity contribution in [1.82, 2.24) is 10.2 Å². The van der Waals surface area contributed by atoms with Crippen LogP contribution in [0.1, 0.15) is 48.1 Å². The Morgan fingerprint density at radius 3 is 2.14 bits per heavy atom. The van der Waals surface area contributed by atoms with E-state index in [4.69, 9.17) is 23.2 Å². The summed E-state index contributed by atoms with van der Waals surface area (Å²) in [5, 5.41) is 3.96. The highest BCUT2D eigenvalue weighted by Crippen LogP contribution is 2.25. The van der Waals surface area contributed by atoms with E-state index in [-0.39, 0.29) is 30.8 Å². The molecule has 2 amide bonds. The van der Waals surface area contributed by atoms with Crippen molar-refractivity contribution in [3.05, 3.63) is 105 Å². The maximum Gasteiger partial charge on any atom is 0.243 e. The van der Waals surface area contributed by atoms with Crippen LogP contribution < -0.4 is 5.32 Å². The minimum absolute atomic E-state index is 0.00266. The quantitative estimate of drug-likeness (QED) is 0.320. The van der Waals surface area contributed by atoms with Crippen molar-refractivity contribution in [3.8, 4) is 0 Å². The van der Waals surface area contributed by atoms with Gasteiger partial charge in [-0.2, -0.15) is 0 Å². The van der Waals surface area contributed by atoms with E-state index in [9.17, 15) is 9.59 Å². The molecule has 0 aromatic heterocycles. The molecular weight excluding hydrogens is 491 g/mol. The molecule has 0 aliphatic rings. The van der Waals surface area contributed by atoms with Crippen LogP contribution in [0.3, 0.4) is 0 Å². The summed E-state index contributed by atoms with van der Waals surface area (Å²) >= 11 is 12.4. The van der Waals surface area contributed by atoms with Crippen LogP contribution in [0.5, 0.6) is 0 Å². The van der Waals surface area contributed by atoms with Crippen LogP contribution >= 0.6 is 23.2 Å². The molecule has 0 radical (unpaired) electrons. The third-order valence-electron chi connectivity index (χ3n) is 6.25. The lowest BCUT2D eigenvalue weighted by molar-refractivity contribution is -0.141. The Labute approximate surface area is 224 Å². The van der Waals surface area contributed by atoms with Gasteiger partial charge in [0.2, 0.25) is 11.8 Å². The van der Waals surface area contributed by atoms with Crippen molar-refractivity contribution < 1.29 is 9.59 Å². The number of halogens is 2. The van der Waals surface area contributed by atoms with Crippen molar-refractivity contribution >= 4 is 35.0 Å². The van der Waals surface area contributed by atoms with Crippen molar-refractivity contribution in [2.45, 2.75) is 65.6 Å². The molecule has 0 heterocycles. The molecule has 4 nitrogen and oxygen atoms in total. The van der Waals surface area contributed by atoms with Gasteiger partial charge in [-0.1, -0.05) is 95.8 Å². The average molecular weight is 526 g/mol. The van der Waals surface area contributed by atoms with E-state index in [1.807, 2.05) is 76.2 Å². The third-order valence-corrected chi connectivity index (χ3v) is 6.98. The van der Waals surface area contributed by atoms with Gasteiger partial charge in [0.05, 0.1) is 16.5 Å². The Bertz CT molecular complexity index is 1180. The van der Waals surface area contributed by atoms with E-state index >= 15 is 0 Å². The summed E-state index contributed by atoms with van der Waals surface area (Å²) in [6.07, 6.45) is 1.40. The lowest BCUT2D eigenvalue weighted by atomic mass is 10.00. The summed E-state index contributed by atoms with van der Waals surface area (Å²) in [6.45, 7) is 8.28. The molecule has 0 bridgehead atoms. The van der Waals surface area contributed by atoms with Gasteiger partial charge in [0.15, 0.2) is 0 Å². The highest BCUT2D eigenvalue weighted by atomic mass is 35.5. The Balaban J connectivity index is 2.01. The Morgan fingerprint density at radius 1 is 0.861 bits per heavy atom. The number of aryl methyl sites for hydroxylation is 2. The smallest absolute Gasteiger partial charge is 0.243 e. The molecule has 0 fully saturated rings. The van der Waals surface area contributed by atoms with E-state index < -0.39 is 6.04 Å². The van der Waals surface area contributed by atoms with E-state index in [0.29, 0.717) is 16.5 Å². The fourth-order valence-electron chi connectivity index (χ4n) is 4.28. The number of amides is 2. The van der Waals surface area contributed by atoms with E-state index in [2.05, 4.69) is 11.4 Å². The molecule has 190 valence electrons. The molecule has 6 heteroatoms. The second-order valence-corrected chi connectivity index (χ2v) is 10.3. The maximum absolute atomic E-state index is 13.9. The number of hydrogen-bond donors (Lipinski definition) is 1. The van der Waals surface area contributed by atoms with Gasteiger partial charge in [-0.25, -0.2) is 0 Å². The second kappa shape index (κ2) is 12.9. The number of hydrogen-bond acceptors (Lipinski definition) is 2. The minimum Gasteiger partial charge on any atom is -0.352 e. The summed E-state index contributed by atoms with van der Waals surface area (Å²) in [7, 11) is 0. The molecular formula is C30H34Cl2N2O2. The van der Waals surface area contributed by atoms with Gasteiger partial charge in [0.25, 0.3) is 0 Å². The highest BCUT2D eigenvalue weighted by molar-refractivity contribution is 6.42. The first-order valence-corrected chi connectivity index (χ1v) is 13.1. The molecule has 3 rings (SSSR count). The normalized spacial score (nSPS) is 12.6. The van der Waals surface area contributed by atoms with Crippen LogP contribution in [0.2, 0.25) is 10.0 Å². The summed E-state index contributed by atoms with van der Waals surface area (Å²) in [5.74, 6) is -0.284. The van der Waals surface area contributed by atoms with Crippen LogP contribution in [0, 0.1) is 13.8 Å². The molecule has 36 heavy (non-hydrogen) atoms. The number of carbonyl (C=O) groups is 2. The van der Waals surface area contributed by atoms with Crippen LogP contribution in [0.15, 0.2) is 66.7 Å². The van der Waals surface area contributed by atoms with Gasteiger partial charge in [-0.3, -0.25) is 9.59 Å². The first kappa shape index (κ1) is 27.8. The SMILES string of the molecule is CC[C@@H](C)NC(=O)[C@H](Cc1ccccc1)N(Cc1ccc(Cl)c(Cl)c1)C(=O)Cc1cc(C)cc(C)c1. The maximum atomic E-state index is 13.9. The second-order valence-electron chi connectivity index (χ2n) is 9.47. The largest absolute Gasteiger partial charge is 0.352 e. The first-order chi connectivity index (χ1) is 17.2. The van der Waals surface area contributed by atoms with Crippen molar-refractivity contribution in [3.63, 3.8) is 0 Å². The lowest BCUT2D eigenvalue weighted by Crippen LogP contribution is -2.52. The lowest BCUT2D eigenvalue weighted by Gasteiger charge is -2.32. The number of carbonyl (C=O) groups excluding carboxylic acids is 2. The van der Waals surface area contributed by atoms with E-state index in [0.717, 1.165) is 34.2 Å². The molecule has 2 atom stereocenters. The van der Waals surface area contributed by atoms with Crippen LogP contribution in [-0.2, 0) is 29.0 Å². The number of nitrogens with one attached hydrogen (secondary N) is 1. The third kappa shape index (κ3) is 7.84. The minimum atomic E-state index is -0.686. The molecule has 3 aromatic rings. The molecule has 0 saturated heterocycles. The van der Waals surface area contributed by atoms with Crippen molar-refractivity contribution in [2.75, 3.05) is 0 Å². The monoisotopic (exact) mass is 524 g/mol. The van der Waals surface area contributed by atoms with Gasteiger partial charge >= 0.3 is 0 Å². The molecule has 0 unspecified atom stereocenters. The highest BCUT2D eigenvalue weighted by Gasteiger charge is 2.31. The fourth-order valence-corrected chi connectivity index (χ4v) is 4.60. The number of rotatable bonds is 10. The number of benzene rings is 3. The predicted octanol–water partition coefficient (Wildman–Crippen LogP) is 6.71. The molecule has 1 N–H and O–H groups in total.